The number of allylic oxidation sites excluding steroid dienone is 1. The summed E-state index contributed by atoms with van der Waals surface area (Å²) < 4.78 is 32.9. The first-order valence-electron chi connectivity index (χ1n) is 23.8. The lowest BCUT2D eigenvalue weighted by atomic mass is 9.62. The Morgan fingerprint density at radius 1 is 0.615 bits per heavy atom. The molecule has 0 radical (unpaired) electrons. The molecule has 0 aromatic rings. The van der Waals surface area contributed by atoms with Gasteiger partial charge < -0.3 is 49.7 Å². The molecular weight excluding hydrogens is 837 g/mol. The van der Waals surface area contributed by atoms with Crippen molar-refractivity contribution < 1.29 is 57.2 Å². The Balaban J connectivity index is 1.89. The Morgan fingerprint density at radius 2 is 1.09 bits per heavy atom. The molecule has 16 nitrogen and oxygen atoms in total. The van der Waals surface area contributed by atoms with Crippen LogP contribution in [0.3, 0.4) is 0 Å². The highest BCUT2D eigenvalue weighted by molar-refractivity contribution is 5.85. The van der Waals surface area contributed by atoms with Gasteiger partial charge in [-0.25, -0.2) is 24.0 Å². The number of carbonyl (C=O) groups is 6. The summed E-state index contributed by atoms with van der Waals surface area (Å²) in [6, 6.07) is -0.338. The fourth-order valence-electron chi connectivity index (χ4n) is 10.4. The van der Waals surface area contributed by atoms with E-state index in [2.05, 4.69) is 69.4 Å². The van der Waals surface area contributed by atoms with Crippen LogP contribution in [0.2, 0.25) is 0 Å². The van der Waals surface area contributed by atoms with Crippen molar-refractivity contribution in [3.05, 3.63) is 24.8 Å². The molecule has 2 aliphatic rings. The lowest BCUT2D eigenvalue weighted by molar-refractivity contribution is -0.149. The standard InChI is InChI=1S/C49H84N4O12/c1-13-21-39(55)61-25-27-63-43(59)53-37-29-45(9,10)33-47(12,31-37)35-51-41(57)65-48(15-3,16-4)22-19-20-23-64-49(17-5,18-6)40(56)50-34-46(11)30-36(28-44(7,8)32-46)52-42(58)62-26-24-60-38(54)14-2/h13-14,21,36-37H,2,15-20,22-35H2,1,3-12H3,(H,50,56)(H,51,57)(H,52,58)(H,53,59)/b21-13-. The fourth-order valence-corrected chi connectivity index (χ4v) is 10.4. The maximum Gasteiger partial charge on any atom is 0.407 e. The number of hydrogen-bond donors (Lipinski definition) is 4. The van der Waals surface area contributed by atoms with Gasteiger partial charge in [0.1, 0.15) is 37.6 Å². The Labute approximate surface area is 389 Å². The first kappa shape index (κ1) is 56.8. The molecular formula is C49H84N4O12. The number of esters is 2. The van der Waals surface area contributed by atoms with Crippen LogP contribution in [0.4, 0.5) is 14.4 Å². The Morgan fingerprint density at radius 3 is 1.55 bits per heavy atom. The molecule has 4 amide bonds. The van der Waals surface area contributed by atoms with Crippen LogP contribution in [0, 0.1) is 21.7 Å². The molecule has 4 atom stereocenters. The second-order valence-electron chi connectivity index (χ2n) is 20.4. The Kier molecular flexibility index (Phi) is 22.8. The summed E-state index contributed by atoms with van der Waals surface area (Å²) in [6.45, 7) is 26.8. The molecule has 0 aromatic heterocycles. The normalized spacial score (nSPS) is 22.8. The number of hydrogen-bond acceptors (Lipinski definition) is 12. The van der Waals surface area contributed by atoms with Crippen molar-refractivity contribution in [2.24, 2.45) is 21.7 Å². The molecule has 16 heteroatoms. The largest absolute Gasteiger partial charge is 0.459 e. The van der Waals surface area contributed by atoms with Gasteiger partial charge in [0.05, 0.1) is 0 Å². The van der Waals surface area contributed by atoms with Crippen LogP contribution in [0.15, 0.2) is 24.8 Å². The molecule has 372 valence electrons. The first-order valence-corrected chi connectivity index (χ1v) is 23.8. The van der Waals surface area contributed by atoms with E-state index in [-0.39, 0.29) is 66.1 Å². The molecule has 0 spiro atoms. The molecule has 0 heterocycles. The predicted molar refractivity (Wildman–Crippen MR) is 249 cm³/mol. The summed E-state index contributed by atoms with van der Waals surface area (Å²) in [7, 11) is 0. The molecule has 0 saturated heterocycles. The second kappa shape index (κ2) is 26.1. The van der Waals surface area contributed by atoms with Crippen LogP contribution in [0.25, 0.3) is 0 Å². The maximum atomic E-state index is 13.9. The van der Waals surface area contributed by atoms with Crippen LogP contribution < -0.4 is 21.3 Å². The van der Waals surface area contributed by atoms with E-state index in [4.69, 9.17) is 28.4 Å². The SMILES string of the molecule is C=CC(=O)OCCOC(=O)NC1CC(C)(C)CC(C)(CNC(=O)C(CC)(CC)OCCCCC(CC)(CC)OC(=O)NCC2(C)CC(NC(=O)OCCOC(=O)/C=C\C)CC(C)(C)C2)C1. The summed E-state index contributed by atoms with van der Waals surface area (Å²) in [5.74, 6) is -1.23. The highest BCUT2D eigenvalue weighted by Gasteiger charge is 2.45. The minimum Gasteiger partial charge on any atom is -0.459 e. The molecule has 2 fully saturated rings. The zero-order chi connectivity index (χ0) is 49.0. The Hall–Kier alpha value is -4.34. The van der Waals surface area contributed by atoms with Gasteiger partial charge in [-0.3, -0.25) is 4.79 Å². The van der Waals surface area contributed by atoms with E-state index in [9.17, 15) is 28.8 Å². The smallest absolute Gasteiger partial charge is 0.407 e. The first-order chi connectivity index (χ1) is 30.4. The fraction of sp³-hybridized carbons (Fsp3) is 0.796. The Bertz CT molecular complexity index is 1610. The number of rotatable bonds is 26. The number of ether oxygens (including phenoxy) is 6. The summed E-state index contributed by atoms with van der Waals surface area (Å²) in [6.07, 6.45) is 11.1. The highest BCUT2D eigenvalue weighted by Crippen LogP contribution is 2.47. The number of alkyl carbamates (subject to hydrolysis) is 3. The van der Waals surface area contributed by atoms with E-state index in [0.717, 1.165) is 38.2 Å². The maximum absolute atomic E-state index is 13.9. The van der Waals surface area contributed by atoms with Crippen LogP contribution >= 0.6 is 0 Å². The lowest BCUT2D eigenvalue weighted by Gasteiger charge is -2.47. The summed E-state index contributed by atoms with van der Waals surface area (Å²) in [5.41, 5.74) is -2.49. The summed E-state index contributed by atoms with van der Waals surface area (Å²) in [4.78, 5) is 75.2. The lowest BCUT2D eigenvalue weighted by Crippen LogP contribution is -2.54. The van der Waals surface area contributed by atoms with Crippen molar-refractivity contribution >= 4 is 36.1 Å². The van der Waals surface area contributed by atoms with Crippen LogP contribution in [0.5, 0.6) is 0 Å². The van der Waals surface area contributed by atoms with Crippen molar-refractivity contribution in [3.63, 3.8) is 0 Å². The summed E-state index contributed by atoms with van der Waals surface area (Å²) in [5, 5.41) is 12.2. The quantitative estimate of drug-likeness (QED) is 0.0279. The number of amides is 4. The number of unbranched alkanes of at least 4 members (excludes halogenated alkanes) is 1. The van der Waals surface area contributed by atoms with E-state index < -0.39 is 41.4 Å². The molecule has 0 bridgehead atoms. The average molecular weight is 921 g/mol. The molecule has 65 heavy (non-hydrogen) atoms. The summed E-state index contributed by atoms with van der Waals surface area (Å²) >= 11 is 0. The van der Waals surface area contributed by atoms with E-state index in [1.54, 1.807) is 13.0 Å². The molecule has 4 unspecified atom stereocenters. The van der Waals surface area contributed by atoms with Crippen molar-refractivity contribution in [1.82, 2.24) is 21.3 Å². The minimum atomic E-state index is -0.999. The zero-order valence-corrected chi connectivity index (χ0v) is 41.6. The van der Waals surface area contributed by atoms with Crippen LogP contribution in [-0.4, -0.2) is 106 Å². The van der Waals surface area contributed by atoms with Gasteiger partial charge in [-0.1, -0.05) is 81.9 Å². The number of carbonyl (C=O) groups excluding carboxylic acids is 6. The van der Waals surface area contributed by atoms with E-state index in [1.165, 1.54) is 6.08 Å². The topological polar surface area (TPSA) is 206 Å². The molecule has 0 aliphatic heterocycles. The van der Waals surface area contributed by atoms with Gasteiger partial charge in [0, 0.05) is 43.9 Å². The van der Waals surface area contributed by atoms with Crippen molar-refractivity contribution in [3.8, 4) is 0 Å². The van der Waals surface area contributed by atoms with E-state index in [0.29, 0.717) is 71.1 Å². The molecule has 2 saturated carbocycles. The van der Waals surface area contributed by atoms with Gasteiger partial charge in [0.2, 0.25) is 0 Å². The van der Waals surface area contributed by atoms with Gasteiger partial charge in [-0.2, -0.15) is 0 Å². The van der Waals surface area contributed by atoms with Gasteiger partial charge in [-0.15, -0.1) is 0 Å². The monoisotopic (exact) mass is 921 g/mol. The molecule has 2 rings (SSSR count). The van der Waals surface area contributed by atoms with E-state index in [1.807, 2.05) is 27.7 Å². The number of nitrogens with one attached hydrogen (secondary N) is 4. The van der Waals surface area contributed by atoms with Crippen LogP contribution in [0.1, 0.15) is 160 Å². The predicted octanol–water partition coefficient (Wildman–Crippen LogP) is 8.60. The van der Waals surface area contributed by atoms with Crippen molar-refractivity contribution in [1.29, 1.82) is 0 Å². The third-order valence-corrected chi connectivity index (χ3v) is 13.0. The highest BCUT2D eigenvalue weighted by atomic mass is 16.6. The molecule has 2 aliphatic carbocycles. The third-order valence-electron chi connectivity index (χ3n) is 13.0. The second-order valence-corrected chi connectivity index (χ2v) is 20.4. The van der Waals surface area contributed by atoms with Gasteiger partial charge in [0.25, 0.3) is 5.91 Å². The average Bonchev–Trinajstić information content (AvgIpc) is 3.22. The zero-order valence-electron chi connectivity index (χ0n) is 41.6. The van der Waals surface area contributed by atoms with E-state index >= 15 is 0 Å². The molecule has 0 aromatic carbocycles. The molecule has 4 N–H and O–H groups in total. The minimum absolute atomic E-state index is 0.0370. The third kappa shape index (κ3) is 20.0. The van der Waals surface area contributed by atoms with Crippen molar-refractivity contribution in [2.45, 2.75) is 183 Å². The van der Waals surface area contributed by atoms with Crippen molar-refractivity contribution in [2.75, 3.05) is 46.1 Å². The van der Waals surface area contributed by atoms with Crippen LogP contribution in [-0.2, 0) is 42.8 Å². The van der Waals surface area contributed by atoms with Gasteiger partial charge >= 0.3 is 30.2 Å². The van der Waals surface area contributed by atoms with Gasteiger partial charge in [-0.05, 0) is 112 Å². The van der Waals surface area contributed by atoms with Gasteiger partial charge in [0.15, 0.2) is 0 Å².